The fourth-order valence-electron chi connectivity index (χ4n) is 2.14. The van der Waals surface area contributed by atoms with Crippen LogP contribution in [0.2, 0.25) is 0 Å². The lowest BCUT2D eigenvalue weighted by atomic mass is 10.1. The SMILES string of the molecule is O=C1C=C[C@H]2CO[C@@H]1O2.O=C1CC[C@H]2CO[C@@H]1O2. The molecule has 4 aliphatic heterocycles. The standard InChI is InChI=1S/C6H8O3.C6H6O3/c2*7-5-2-1-4-3-8-6(5)9-4/h4,6H,1-3H2;1-2,4,6H,3H2/t2*4-,6+/m00/s1. The molecule has 0 radical (unpaired) electrons. The predicted octanol–water partition coefficient (Wildman–Crippen LogP) is -0.0424. The molecule has 0 aliphatic carbocycles. The van der Waals surface area contributed by atoms with E-state index >= 15 is 0 Å². The average Bonchev–Trinajstić information content (AvgIpc) is 2.97. The Morgan fingerprint density at radius 1 is 1.06 bits per heavy atom. The number of carbonyl (C=O) groups excluding carboxylic acids is 2. The van der Waals surface area contributed by atoms with E-state index in [4.69, 9.17) is 18.9 Å². The highest BCUT2D eigenvalue weighted by molar-refractivity contribution is 5.93. The van der Waals surface area contributed by atoms with Crippen LogP contribution in [-0.4, -0.2) is 49.6 Å². The summed E-state index contributed by atoms with van der Waals surface area (Å²) in [6, 6.07) is 0. The molecule has 4 heterocycles. The largest absolute Gasteiger partial charge is 0.343 e. The van der Waals surface area contributed by atoms with E-state index in [0.29, 0.717) is 19.6 Å². The predicted molar refractivity (Wildman–Crippen MR) is 57.6 cm³/mol. The van der Waals surface area contributed by atoms with Crippen LogP contribution < -0.4 is 0 Å². The Bertz CT molecular complexity index is 390. The Hall–Kier alpha value is -1.08. The zero-order valence-electron chi connectivity index (χ0n) is 9.74. The Kier molecular flexibility index (Phi) is 3.25. The first kappa shape index (κ1) is 12.0. The fourth-order valence-corrected chi connectivity index (χ4v) is 2.14. The third-order valence-corrected chi connectivity index (χ3v) is 3.14. The summed E-state index contributed by atoms with van der Waals surface area (Å²) in [6.45, 7) is 1.13. The van der Waals surface area contributed by atoms with Gasteiger partial charge in [-0.25, -0.2) is 0 Å². The number of ketones is 2. The molecule has 3 saturated heterocycles. The highest BCUT2D eigenvalue weighted by atomic mass is 16.7. The van der Waals surface area contributed by atoms with Crippen molar-refractivity contribution < 1.29 is 28.5 Å². The molecule has 6 heteroatoms. The first-order valence-corrected chi connectivity index (χ1v) is 6.01. The van der Waals surface area contributed by atoms with E-state index in [-0.39, 0.29) is 23.8 Å². The molecule has 3 fully saturated rings. The van der Waals surface area contributed by atoms with E-state index in [0.717, 1.165) is 6.42 Å². The van der Waals surface area contributed by atoms with Gasteiger partial charge in [-0.15, -0.1) is 0 Å². The summed E-state index contributed by atoms with van der Waals surface area (Å²) in [4.78, 5) is 21.5. The van der Waals surface area contributed by atoms with Gasteiger partial charge in [0.05, 0.1) is 19.3 Å². The van der Waals surface area contributed by atoms with Crippen LogP contribution in [0.15, 0.2) is 12.2 Å². The zero-order chi connectivity index (χ0) is 12.5. The first-order chi connectivity index (χ1) is 8.72. The maximum Gasteiger partial charge on any atom is 0.222 e. The van der Waals surface area contributed by atoms with Crippen LogP contribution in [0.1, 0.15) is 12.8 Å². The van der Waals surface area contributed by atoms with Gasteiger partial charge < -0.3 is 18.9 Å². The molecule has 4 rings (SSSR count). The zero-order valence-corrected chi connectivity index (χ0v) is 9.74. The van der Waals surface area contributed by atoms with Crippen molar-refractivity contribution in [2.24, 2.45) is 0 Å². The topological polar surface area (TPSA) is 71.1 Å². The number of Topliss-reactive ketones (excluding diaryl/α,β-unsaturated/α-hetero) is 1. The molecular formula is C12H14O6. The molecule has 4 aliphatic rings. The second kappa shape index (κ2) is 4.89. The van der Waals surface area contributed by atoms with Crippen molar-refractivity contribution in [1.82, 2.24) is 0 Å². The van der Waals surface area contributed by atoms with Crippen molar-refractivity contribution in [2.75, 3.05) is 13.2 Å². The van der Waals surface area contributed by atoms with Crippen molar-refractivity contribution in [2.45, 2.75) is 37.6 Å². The van der Waals surface area contributed by atoms with Gasteiger partial charge in [-0.3, -0.25) is 9.59 Å². The van der Waals surface area contributed by atoms with Crippen molar-refractivity contribution in [3.8, 4) is 0 Å². The highest BCUT2D eigenvalue weighted by Crippen LogP contribution is 2.23. The van der Waals surface area contributed by atoms with Gasteiger partial charge in [0.1, 0.15) is 6.10 Å². The maximum atomic E-state index is 10.8. The molecule has 0 saturated carbocycles. The van der Waals surface area contributed by atoms with E-state index in [1.165, 1.54) is 6.08 Å². The quantitative estimate of drug-likeness (QED) is 0.604. The molecule has 0 aromatic heterocycles. The van der Waals surface area contributed by atoms with Gasteiger partial charge in [0, 0.05) is 6.42 Å². The van der Waals surface area contributed by atoms with Crippen LogP contribution in [0, 0.1) is 0 Å². The third kappa shape index (κ3) is 2.37. The van der Waals surface area contributed by atoms with E-state index in [1.54, 1.807) is 6.08 Å². The lowest BCUT2D eigenvalue weighted by molar-refractivity contribution is -0.152. The van der Waals surface area contributed by atoms with Crippen LogP contribution in [0.3, 0.4) is 0 Å². The lowest BCUT2D eigenvalue weighted by Gasteiger charge is -2.15. The van der Waals surface area contributed by atoms with Gasteiger partial charge in [-0.05, 0) is 18.6 Å². The summed E-state index contributed by atoms with van der Waals surface area (Å²) in [6.07, 6.45) is 3.84. The molecule has 0 unspecified atom stereocenters. The number of fused-ring (bicyclic) bond motifs is 4. The number of ether oxygens (including phenoxy) is 4. The van der Waals surface area contributed by atoms with Gasteiger partial charge in [-0.1, -0.05) is 0 Å². The van der Waals surface area contributed by atoms with Crippen molar-refractivity contribution in [3.05, 3.63) is 12.2 Å². The highest BCUT2D eigenvalue weighted by Gasteiger charge is 2.36. The van der Waals surface area contributed by atoms with Gasteiger partial charge in [0.2, 0.25) is 18.4 Å². The van der Waals surface area contributed by atoms with E-state index in [1.807, 2.05) is 0 Å². The number of rotatable bonds is 0. The number of carbonyl (C=O) groups is 2. The van der Waals surface area contributed by atoms with Crippen molar-refractivity contribution in [3.63, 3.8) is 0 Å². The van der Waals surface area contributed by atoms with Crippen LogP contribution >= 0.6 is 0 Å². The van der Waals surface area contributed by atoms with E-state index in [9.17, 15) is 9.59 Å². The van der Waals surface area contributed by atoms with Gasteiger partial charge in [0.15, 0.2) is 5.78 Å². The molecule has 98 valence electrons. The second-order valence-electron chi connectivity index (χ2n) is 4.53. The normalized spacial score (nSPS) is 40.7. The molecule has 4 bridgehead atoms. The molecule has 0 N–H and O–H groups in total. The maximum absolute atomic E-state index is 10.8. The number of hydrogen-bond acceptors (Lipinski definition) is 6. The summed E-state index contributed by atoms with van der Waals surface area (Å²) < 4.78 is 20.2. The van der Waals surface area contributed by atoms with Gasteiger partial charge in [0.25, 0.3) is 0 Å². The minimum absolute atomic E-state index is 0.0210. The van der Waals surface area contributed by atoms with Crippen LogP contribution in [0.25, 0.3) is 0 Å². The van der Waals surface area contributed by atoms with E-state index < -0.39 is 12.6 Å². The molecular weight excluding hydrogens is 240 g/mol. The Morgan fingerprint density at radius 3 is 2.67 bits per heavy atom. The smallest absolute Gasteiger partial charge is 0.222 e. The van der Waals surface area contributed by atoms with Crippen molar-refractivity contribution >= 4 is 11.6 Å². The second-order valence-corrected chi connectivity index (χ2v) is 4.53. The lowest BCUT2D eigenvalue weighted by Crippen LogP contribution is -2.27. The first-order valence-electron chi connectivity index (χ1n) is 6.01. The van der Waals surface area contributed by atoms with Gasteiger partial charge in [-0.2, -0.15) is 0 Å². The molecule has 0 spiro atoms. The van der Waals surface area contributed by atoms with Crippen molar-refractivity contribution in [1.29, 1.82) is 0 Å². The molecule has 6 nitrogen and oxygen atoms in total. The summed E-state index contributed by atoms with van der Waals surface area (Å²) in [7, 11) is 0. The average molecular weight is 254 g/mol. The summed E-state index contributed by atoms with van der Waals surface area (Å²) in [5, 5.41) is 0. The van der Waals surface area contributed by atoms with Crippen LogP contribution in [0.4, 0.5) is 0 Å². The molecule has 0 amide bonds. The summed E-state index contributed by atoms with van der Waals surface area (Å²) >= 11 is 0. The Morgan fingerprint density at radius 2 is 1.89 bits per heavy atom. The minimum Gasteiger partial charge on any atom is -0.343 e. The third-order valence-electron chi connectivity index (χ3n) is 3.14. The molecule has 0 aromatic rings. The monoisotopic (exact) mass is 254 g/mol. The fraction of sp³-hybridized carbons (Fsp3) is 0.667. The summed E-state index contributed by atoms with van der Waals surface area (Å²) in [5.41, 5.74) is 0. The van der Waals surface area contributed by atoms with E-state index in [2.05, 4.69) is 0 Å². The van der Waals surface area contributed by atoms with Crippen LogP contribution in [-0.2, 0) is 28.5 Å². The Balaban J connectivity index is 0.000000111. The van der Waals surface area contributed by atoms with Crippen LogP contribution in [0.5, 0.6) is 0 Å². The molecule has 18 heavy (non-hydrogen) atoms. The molecule has 0 aromatic carbocycles. The summed E-state index contributed by atoms with van der Waals surface area (Å²) in [5.74, 6) is 0.0208. The minimum atomic E-state index is -0.597. The molecule has 4 atom stereocenters. The van der Waals surface area contributed by atoms with Gasteiger partial charge >= 0.3 is 0 Å². The Labute approximate surface area is 104 Å². The number of hydrogen-bond donors (Lipinski definition) is 0.